The summed E-state index contributed by atoms with van der Waals surface area (Å²) >= 11 is 0. The van der Waals surface area contributed by atoms with E-state index >= 15 is 0 Å². The topological polar surface area (TPSA) is 69.5 Å². The molecule has 1 aliphatic rings. The Morgan fingerprint density at radius 3 is 2.59 bits per heavy atom. The second kappa shape index (κ2) is 8.71. The normalized spacial score (nSPS) is 15.8. The van der Waals surface area contributed by atoms with E-state index in [9.17, 15) is 4.79 Å². The Hall–Kier alpha value is -2.77. The van der Waals surface area contributed by atoms with Crippen molar-refractivity contribution in [1.29, 1.82) is 0 Å². The highest BCUT2D eigenvalue weighted by Crippen LogP contribution is 2.21. The molecule has 1 aliphatic heterocycles. The lowest BCUT2D eigenvalue weighted by atomic mass is 10.1. The summed E-state index contributed by atoms with van der Waals surface area (Å²) in [6.45, 7) is 7.07. The van der Waals surface area contributed by atoms with Gasteiger partial charge >= 0.3 is 5.97 Å². The summed E-state index contributed by atoms with van der Waals surface area (Å²) in [4.78, 5) is 21.4. The van der Waals surface area contributed by atoms with Gasteiger partial charge in [-0.05, 0) is 50.1 Å². The molecule has 0 radical (unpaired) electrons. The third-order valence-electron chi connectivity index (χ3n) is 5.39. The number of rotatable bonds is 6. The van der Waals surface area contributed by atoms with Crippen LogP contribution in [-0.4, -0.2) is 51.3 Å². The molecular weight excluding hydrogens is 368 g/mol. The van der Waals surface area contributed by atoms with Crippen LogP contribution in [-0.2, 0) is 11.3 Å². The van der Waals surface area contributed by atoms with Gasteiger partial charge in [-0.2, -0.15) is 0 Å². The number of hydrogen-bond donors (Lipinski definition) is 0. The van der Waals surface area contributed by atoms with Crippen molar-refractivity contribution in [3.8, 4) is 0 Å². The smallest absolute Gasteiger partial charge is 0.365 e. The van der Waals surface area contributed by atoms with Crippen molar-refractivity contribution < 1.29 is 14.4 Å². The lowest BCUT2D eigenvalue weighted by Gasteiger charge is -2.34. The zero-order valence-corrected chi connectivity index (χ0v) is 16.8. The van der Waals surface area contributed by atoms with Gasteiger partial charge in [0.2, 0.25) is 0 Å². The predicted octanol–water partition coefficient (Wildman–Crippen LogP) is 3.09. The Balaban J connectivity index is 1.42. The van der Waals surface area contributed by atoms with Crippen molar-refractivity contribution in [1.82, 2.24) is 20.1 Å². The van der Waals surface area contributed by atoms with Gasteiger partial charge in [0.25, 0.3) is 0 Å². The van der Waals surface area contributed by atoms with Crippen molar-refractivity contribution >= 4 is 17.0 Å². The number of ether oxygens (including phenoxy) is 1. The largest absolute Gasteiger partial charge is 0.373 e. The monoisotopic (exact) mass is 394 g/mol. The molecule has 1 fully saturated rings. The molecule has 1 saturated heterocycles. The minimum Gasteiger partial charge on any atom is -0.373 e. The molecule has 2 heterocycles. The summed E-state index contributed by atoms with van der Waals surface area (Å²) in [6.07, 6.45) is 2.33. The lowest BCUT2D eigenvalue weighted by molar-refractivity contribution is -0.00765. The quantitative estimate of drug-likeness (QED) is 0.599. The molecule has 0 atom stereocenters. The Labute approximate surface area is 170 Å². The first-order chi connectivity index (χ1) is 14.1. The van der Waals surface area contributed by atoms with Gasteiger partial charge in [0, 0.05) is 24.7 Å². The van der Waals surface area contributed by atoms with Crippen LogP contribution in [0.2, 0.25) is 0 Å². The number of piperidine rings is 1. The molecule has 7 nitrogen and oxygen atoms in total. The first kappa shape index (κ1) is 19.5. The number of aromatic nitrogens is 3. The molecule has 0 saturated carbocycles. The van der Waals surface area contributed by atoms with Crippen LogP contribution in [0.15, 0.2) is 48.5 Å². The van der Waals surface area contributed by atoms with Crippen LogP contribution in [0, 0.1) is 0 Å². The van der Waals surface area contributed by atoms with Gasteiger partial charge in [-0.3, -0.25) is 0 Å². The number of carbonyl (C=O) groups is 1. The fraction of sp³-hybridized carbons (Fsp3) is 0.409. The van der Waals surface area contributed by atoms with E-state index in [1.165, 1.54) is 4.85 Å². The fourth-order valence-electron chi connectivity index (χ4n) is 3.64. The summed E-state index contributed by atoms with van der Waals surface area (Å²) in [5, 5.41) is 8.22. The van der Waals surface area contributed by atoms with Gasteiger partial charge < -0.3 is 14.5 Å². The van der Waals surface area contributed by atoms with E-state index in [0.29, 0.717) is 29.2 Å². The van der Waals surface area contributed by atoms with Gasteiger partial charge in [0.05, 0.1) is 18.3 Å². The SMILES string of the molecule is CC(C)N1CCC(OCc2cccc3c2nnn3OC(=O)c2ccccc2)CC1. The average Bonchev–Trinajstić information content (AvgIpc) is 3.16. The van der Waals surface area contributed by atoms with Crippen molar-refractivity contribution in [3.63, 3.8) is 0 Å². The third-order valence-corrected chi connectivity index (χ3v) is 5.39. The molecule has 1 aromatic heterocycles. The molecule has 29 heavy (non-hydrogen) atoms. The van der Waals surface area contributed by atoms with Gasteiger partial charge in [-0.15, -0.1) is 5.10 Å². The highest BCUT2D eigenvalue weighted by Gasteiger charge is 2.22. The molecule has 3 aromatic rings. The minimum absolute atomic E-state index is 0.256. The maximum absolute atomic E-state index is 12.3. The highest BCUT2D eigenvalue weighted by molar-refractivity contribution is 5.90. The number of carbonyl (C=O) groups excluding carboxylic acids is 1. The van der Waals surface area contributed by atoms with E-state index in [1.54, 1.807) is 24.3 Å². The van der Waals surface area contributed by atoms with Crippen LogP contribution in [0.1, 0.15) is 42.6 Å². The van der Waals surface area contributed by atoms with E-state index in [0.717, 1.165) is 31.5 Å². The van der Waals surface area contributed by atoms with Crippen molar-refractivity contribution in [3.05, 3.63) is 59.7 Å². The molecule has 0 bridgehead atoms. The molecule has 0 amide bonds. The number of fused-ring (bicyclic) bond motifs is 1. The summed E-state index contributed by atoms with van der Waals surface area (Å²) < 4.78 is 6.15. The lowest BCUT2D eigenvalue weighted by Crippen LogP contribution is -2.40. The average molecular weight is 394 g/mol. The van der Waals surface area contributed by atoms with Crippen molar-refractivity contribution in [2.75, 3.05) is 13.1 Å². The van der Waals surface area contributed by atoms with Crippen molar-refractivity contribution in [2.45, 2.75) is 45.4 Å². The molecular formula is C22H26N4O3. The van der Waals surface area contributed by atoms with Crippen LogP contribution >= 0.6 is 0 Å². The molecule has 152 valence electrons. The summed E-state index contributed by atoms with van der Waals surface area (Å²) in [5.41, 5.74) is 2.73. The van der Waals surface area contributed by atoms with Gasteiger partial charge in [-0.25, -0.2) is 4.79 Å². The first-order valence-corrected chi connectivity index (χ1v) is 10.1. The van der Waals surface area contributed by atoms with Crippen LogP contribution in [0.5, 0.6) is 0 Å². The second-order valence-electron chi connectivity index (χ2n) is 7.63. The van der Waals surface area contributed by atoms with Gasteiger partial charge in [0.15, 0.2) is 0 Å². The number of benzene rings is 2. The molecule has 2 aromatic carbocycles. The highest BCUT2D eigenvalue weighted by atomic mass is 16.7. The third kappa shape index (κ3) is 4.46. The molecule has 7 heteroatoms. The second-order valence-corrected chi connectivity index (χ2v) is 7.63. The van der Waals surface area contributed by atoms with Crippen molar-refractivity contribution in [2.24, 2.45) is 0 Å². The maximum atomic E-state index is 12.3. The zero-order valence-electron chi connectivity index (χ0n) is 16.8. The van der Waals surface area contributed by atoms with Gasteiger partial charge in [0.1, 0.15) is 11.0 Å². The standard InChI is InChI=1S/C22H26N4O3/c1-16(2)25-13-11-19(12-14-25)28-15-18-9-6-10-20-21(18)23-24-26(20)29-22(27)17-7-4-3-5-8-17/h3-10,16,19H,11-15H2,1-2H3. The molecule has 0 N–H and O–H groups in total. The molecule has 0 unspecified atom stereocenters. The van der Waals surface area contributed by atoms with E-state index in [4.69, 9.17) is 9.57 Å². The minimum atomic E-state index is -0.476. The molecule has 0 aliphatic carbocycles. The summed E-state index contributed by atoms with van der Waals surface area (Å²) in [7, 11) is 0. The first-order valence-electron chi connectivity index (χ1n) is 10.1. The maximum Gasteiger partial charge on any atom is 0.365 e. The zero-order chi connectivity index (χ0) is 20.2. The van der Waals surface area contributed by atoms with E-state index < -0.39 is 5.97 Å². The number of likely N-dealkylation sites (tertiary alicyclic amines) is 1. The van der Waals surface area contributed by atoms with Crippen LogP contribution in [0.25, 0.3) is 11.0 Å². The molecule has 4 rings (SSSR count). The van der Waals surface area contributed by atoms with E-state index in [2.05, 4.69) is 29.1 Å². The number of hydrogen-bond acceptors (Lipinski definition) is 6. The van der Waals surface area contributed by atoms with E-state index in [-0.39, 0.29) is 6.10 Å². The van der Waals surface area contributed by atoms with E-state index in [1.807, 2.05) is 24.3 Å². The van der Waals surface area contributed by atoms with Crippen LogP contribution in [0.4, 0.5) is 0 Å². The summed E-state index contributed by atoms with van der Waals surface area (Å²) in [5.74, 6) is -0.476. The number of nitrogens with zero attached hydrogens (tertiary/aromatic N) is 4. The Morgan fingerprint density at radius 2 is 1.86 bits per heavy atom. The molecule has 0 spiro atoms. The Bertz CT molecular complexity index is 963. The van der Waals surface area contributed by atoms with Crippen LogP contribution in [0.3, 0.4) is 0 Å². The summed E-state index contributed by atoms with van der Waals surface area (Å²) in [6, 6.07) is 15.1. The Kier molecular flexibility index (Phi) is 5.87. The Morgan fingerprint density at radius 1 is 1.10 bits per heavy atom. The van der Waals surface area contributed by atoms with Crippen LogP contribution < -0.4 is 4.84 Å². The fourth-order valence-corrected chi connectivity index (χ4v) is 3.64. The predicted molar refractivity (Wildman–Crippen MR) is 109 cm³/mol. The van der Waals surface area contributed by atoms with Gasteiger partial charge in [-0.1, -0.05) is 35.2 Å².